The molecule has 104 valence electrons. The Morgan fingerprint density at radius 2 is 1.70 bits per heavy atom. The molecule has 3 heteroatoms. The van der Waals surface area contributed by atoms with Crippen LogP contribution in [-0.4, -0.2) is 11.0 Å². The van der Waals surface area contributed by atoms with E-state index in [0.717, 1.165) is 23.5 Å². The van der Waals surface area contributed by atoms with Crippen molar-refractivity contribution in [1.29, 1.82) is 0 Å². The Balaban J connectivity index is 1.83. The fraction of sp³-hybridized carbons (Fsp3) is 0.235. The Kier molecular flexibility index (Phi) is 5.13. The van der Waals surface area contributed by atoms with Crippen molar-refractivity contribution >= 4 is 22.9 Å². The number of anilines is 1. The van der Waals surface area contributed by atoms with Crippen LogP contribution in [0.25, 0.3) is 0 Å². The predicted molar refractivity (Wildman–Crippen MR) is 89.9 cm³/mol. The SMILES string of the molecule is C[C@H](Cc1ccccc1)NC(=S)Cc1ccc(N)cc1. The average molecular weight is 284 g/mol. The van der Waals surface area contributed by atoms with E-state index in [9.17, 15) is 0 Å². The number of nitrogens with two attached hydrogens (primary N) is 1. The van der Waals surface area contributed by atoms with Gasteiger partial charge in [0.25, 0.3) is 0 Å². The van der Waals surface area contributed by atoms with Gasteiger partial charge in [-0.25, -0.2) is 0 Å². The summed E-state index contributed by atoms with van der Waals surface area (Å²) in [7, 11) is 0. The lowest BCUT2D eigenvalue weighted by atomic mass is 10.1. The number of benzene rings is 2. The zero-order chi connectivity index (χ0) is 14.4. The van der Waals surface area contributed by atoms with E-state index in [0.29, 0.717) is 6.04 Å². The lowest BCUT2D eigenvalue weighted by Crippen LogP contribution is -2.33. The van der Waals surface area contributed by atoms with Gasteiger partial charge in [-0.2, -0.15) is 0 Å². The Bertz CT molecular complexity index is 549. The number of nitrogens with one attached hydrogen (secondary N) is 1. The van der Waals surface area contributed by atoms with Crippen molar-refractivity contribution in [2.45, 2.75) is 25.8 Å². The summed E-state index contributed by atoms with van der Waals surface area (Å²) < 4.78 is 0. The summed E-state index contributed by atoms with van der Waals surface area (Å²) in [6.07, 6.45) is 1.73. The van der Waals surface area contributed by atoms with Crippen molar-refractivity contribution in [3.63, 3.8) is 0 Å². The molecule has 0 unspecified atom stereocenters. The quantitative estimate of drug-likeness (QED) is 0.653. The van der Waals surface area contributed by atoms with Gasteiger partial charge in [-0.05, 0) is 36.6 Å². The van der Waals surface area contributed by atoms with Crippen LogP contribution >= 0.6 is 12.2 Å². The van der Waals surface area contributed by atoms with Gasteiger partial charge in [0.15, 0.2) is 0 Å². The molecule has 1 atom stereocenters. The van der Waals surface area contributed by atoms with Crippen LogP contribution in [0.2, 0.25) is 0 Å². The van der Waals surface area contributed by atoms with Gasteiger partial charge in [0, 0.05) is 18.2 Å². The van der Waals surface area contributed by atoms with Gasteiger partial charge >= 0.3 is 0 Å². The molecule has 0 aliphatic rings. The van der Waals surface area contributed by atoms with Gasteiger partial charge in [-0.15, -0.1) is 0 Å². The first-order valence-corrected chi connectivity index (χ1v) is 7.22. The van der Waals surface area contributed by atoms with Gasteiger partial charge in [-0.1, -0.05) is 54.7 Å². The molecular weight excluding hydrogens is 264 g/mol. The Hall–Kier alpha value is -1.87. The van der Waals surface area contributed by atoms with Crippen molar-refractivity contribution in [3.8, 4) is 0 Å². The summed E-state index contributed by atoms with van der Waals surface area (Å²) in [5, 5.41) is 3.39. The van der Waals surface area contributed by atoms with Crippen LogP contribution in [0.5, 0.6) is 0 Å². The third kappa shape index (κ3) is 4.67. The summed E-state index contributed by atoms with van der Waals surface area (Å²) in [5.74, 6) is 0. The van der Waals surface area contributed by atoms with Gasteiger partial charge in [0.1, 0.15) is 0 Å². The topological polar surface area (TPSA) is 38.0 Å². The molecule has 0 aromatic heterocycles. The molecule has 0 amide bonds. The number of hydrogen-bond acceptors (Lipinski definition) is 2. The summed E-state index contributed by atoms with van der Waals surface area (Å²) in [4.78, 5) is 0.873. The van der Waals surface area contributed by atoms with Crippen LogP contribution in [-0.2, 0) is 12.8 Å². The smallest absolute Gasteiger partial charge is 0.0799 e. The first kappa shape index (κ1) is 14.5. The fourth-order valence-corrected chi connectivity index (χ4v) is 2.53. The first-order valence-electron chi connectivity index (χ1n) is 6.81. The molecule has 0 radical (unpaired) electrons. The number of hydrogen-bond donors (Lipinski definition) is 2. The molecule has 2 aromatic rings. The predicted octanol–water partition coefficient (Wildman–Crippen LogP) is 3.36. The number of rotatable bonds is 5. The highest BCUT2D eigenvalue weighted by Crippen LogP contribution is 2.07. The maximum atomic E-state index is 5.68. The molecule has 2 nitrogen and oxygen atoms in total. The van der Waals surface area contributed by atoms with E-state index in [4.69, 9.17) is 18.0 Å². The van der Waals surface area contributed by atoms with Crippen molar-refractivity contribution < 1.29 is 0 Å². The van der Waals surface area contributed by atoms with Crippen LogP contribution in [0.15, 0.2) is 54.6 Å². The minimum atomic E-state index is 0.332. The third-order valence-electron chi connectivity index (χ3n) is 3.14. The van der Waals surface area contributed by atoms with E-state index >= 15 is 0 Å². The van der Waals surface area contributed by atoms with Crippen LogP contribution in [0.3, 0.4) is 0 Å². The molecule has 3 N–H and O–H groups in total. The molecule has 0 spiro atoms. The second-order valence-corrected chi connectivity index (χ2v) is 5.57. The highest BCUT2D eigenvalue weighted by atomic mass is 32.1. The molecule has 0 heterocycles. The Morgan fingerprint density at radius 3 is 2.35 bits per heavy atom. The monoisotopic (exact) mass is 284 g/mol. The van der Waals surface area contributed by atoms with Gasteiger partial charge in [0.05, 0.1) is 4.99 Å². The molecule has 0 fully saturated rings. The number of nitrogen functional groups attached to an aromatic ring is 1. The minimum absolute atomic E-state index is 0.332. The number of thiocarbonyl (C=S) groups is 1. The first-order chi connectivity index (χ1) is 9.63. The zero-order valence-electron chi connectivity index (χ0n) is 11.7. The van der Waals surface area contributed by atoms with Crippen LogP contribution in [0.1, 0.15) is 18.1 Å². The Morgan fingerprint density at radius 1 is 1.05 bits per heavy atom. The van der Waals surface area contributed by atoms with Gasteiger partial charge in [-0.3, -0.25) is 0 Å². The molecule has 2 aromatic carbocycles. The molecule has 0 aliphatic carbocycles. The van der Waals surface area contributed by atoms with E-state index < -0.39 is 0 Å². The van der Waals surface area contributed by atoms with E-state index in [1.54, 1.807) is 0 Å². The second kappa shape index (κ2) is 7.06. The lowest BCUT2D eigenvalue weighted by Gasteiger charge is -2.16. The summed E-state index contributed by atoms with van der Waals surface area (Å²) in [5.41, 5.74) is 8.96. The maximum Gasteiger partial charge on any atom is 0.0799 e. The molecule has 20 heavy (non-hydrogen) atoms. The van der Waals surface area contributed by atoms with E-state index in [2.05, 4.69) is 36.5 Å². The van der Waals surface area contributed by atoms with E-state index in [1.807, 2.05) is 30.3 Å². The van der Waals surface area contributed by atoms with Crippen molar-refractivity contribution in [2.24, 2.45) is 0 Å². The summed E-state index contributed by atoms with van der Waals surface area (Å²) in [6.45, 7) is 2.16. The second-order valence-electron chi connectivity index (χ2n) is 5.08. The molecule has 0 saturated carbocycles. The molecule has 0 aliphatic heterocycles. The van der Waals surface area contributed by atoms with E-state index in [1.165, 1.54) is 11.1 Å². The van der Waals surface area contributed by atoms with Crippen molar-refractivity contribution in [2.75, 3.05) is 5.73 Å². The van der Waals surface area contributed by atoms with E-state index in [-0.39, 0.29) is 0 Å². The molecule has 2 rings (SSSR count). The van der Waals surface area contributed by atoms with Crippen LogP contribution in [0, 0.1) is 0 Å². The minimum Gasteiger partial charge on any atom is -0.399 e. The van der Waals surface area contributed by atoms with Crippen LogP contribution in [0.4, 0.5) is 5.69 Å². The molecular formula is C17H20N2S. The summed E-state index contributed by atoms with van der Waals surface area (Å²) >= 11 is 5.42. The Labute approximate surface area is 126 Å². The fourth-order valence-electron chi connectivity index (χ4n) is 2.17. The van der Waals surface area contributed by atoms with Crippen molar-refractivity contribution in [1.82, 2.24) is 5.32 Å². The summed E-state index contributed by atoms with van der Waals surface area (Å²) in [6, 6.07) is 18.6. The standard InChI is InChI=1S/C17H20N2S/c1-13(11-14-5-3-2-4-6-14)19-17(20)12-15-7-9-16(18)10-8-15/h2-10,13H,11-12,18H2,1H3,(H,19,20)/t13-/m1/s1. The zero-order valence-corrected chi connectivity index (χ0v) is 12.5. The molecule has 0 saturated heterocycles. The van der Waals surface area contributed by atoms with Gasteiger partial charge < -0.3 is 11.1 Å². The highest BCUT2D eigenvalue weighted by molar-refractivity contribution is 7.80. The normalized spacial score (nSPS) is 11.8. The van der Waals surface area contributed by atoms with Gasteiger partial charge in [0.2, 0.25) is 0 Å². The third-order valence-corrected chi connectivity index (χ3v) is 3.40. The molecule has 0 bridgehead atoms. The maximum absolute atomic E-state index is 5.68. The largest absolute Gasteiger partial charge is 0.399 e. The van der Waals surface area contributed by atoms with Crippen LogP contribution < -0.4 is 11.1 Å². The van der Waals surface area contributed by atoms with Crippen molar-refractivity contribution in [3.05, 3.63) is 65.7 Å². The highest BCUT2D eigenvalue weighted by Gasteiger charge is 2.06. The lowest BCUT2D eigenvalue weighted by molar-refractivity contribution is 0.660. The average Bonchev–Trinajstić information content (AvgIpc) is 2.42.